The predicted molar refractivity (Wildman–Crippen MR) is 108 cm³/mol. The number of ether oxygens (including phenoxy) is 1. The third kappa shape index (κ3) is 6.16. The number of hydrogen-bond donors (Lipinski definition) is 3. The van der Waals surface area contributed by atoms with Gasteiger partial charge in [-0.1, -0.05) is 31.4 Å². The summed E-state index contributed by atoms with van der Waals surface area (Å²) in [6, 6.07) is 11.9. The number of carbonyl (C=O) groups is 1. The van der Waals surface area contributed by atoms with Crippen LogP contribution in [0.3, 0.4) is 0 Å². The summed E-state index contributed by atoms with van der Waals surface area (Å²) in [6.07, 6.45) is 8.45. The molecule has 1 aliphatic rings. The van der Waals surface area contributed by atoms with E-state index in [1.807, 2.05) is 24.3 Å². The molecule has 0 bridgehead atoms. The van der Waals surface area contributed by atoms with Crippen molar-refractivity contribution in [2.75, 3.05) is 24.3 Å². The van der Waals surface area contributed by atoms with E-state index in [0.29, 0.717) is 5.82 Å². The molecule has 0 aliphatic heterocycles. The first-order valence-corrected chi connectivity index (χ1v) is 9.63. The second-order valence-electron chi connectivity index (χ2n) is 6.89. The Kier molecular flexibility index (Phi) is 6.90. The number of nitrogens with one attached hydrogen (secondary N) is 3. The molecule has 0 unspecified atom stereocenters. The van der Waals surface area contributed by atoms with Gasteiger partial charge in [0.25, 0.3) is 0 Å². The molecule has 1 aromatic carbocycles. The minimum atomic E-state index is -0.172. The summed E-state index contributed by atoms with van der Waals surface area (Å²) >= 11 is 0. The fourth-order valence-electron chi connectivity index (χ4n) is 3.30. The predicted octanol–water partition coefficient (Wildman–Crippen LogP) is 4.20. The molecule has 144 valence electrons. The molecule has 1 heterocycles. The summed E-state index contributed by atoms with van der Waals surface area (Å²) < 4.78 is 5.17. The minimum absolute atomic E-state index is 0.172. The molecular formula is C21H28N4O2. The van der Waals surface area contributed by atoms with Gasteiger partial charge in [-0.15, -0.1) is 0 Å². The zero-order chi connectivity index (χ0) is 18.9. The molecule has 2 amide bonds. The van der Waals surface area contributed by atoms with Gasteiger partial charge in [-0.25, -0.2) is 9.78 Å². The molecule has 3 N–H and O–H groups in total. The normalized spacial score (nSPS) is 14.4. The fraction of sp³-hybridized carbons (Fsp3) is 0.429. The molecule has 6 heteroatoms. The number of amides is 2. The van der Waals surface area contributed by atoms with Gasteiger partial charge in [0, 0.05) is 12.6 Å². The average molecular weight is 368 g/mol. The van der Waals surface area contributed by atoms with E-state index in [-0.39, 0.29) is 12.1 Å². The Morgan fingerprint density at radius 3 is 2.56 bits per heavy atom. The second-order valence-corrected chi connectivity index (χ2v) is 6.89. The molecule has 1 aliphatic carbocycles. The summed E-state index contributed by atoms with van der Waals surface area (Å²) in [5, 5.41) is 9.18. The van der Waals surface area contributed by atoms with Crippen molar-refractivity contribution in [1.82, 2.24) is 10.3 Å². The Morgan fingerprint density at radius 2 is 1.89 bits per heavy atom. The average Bonchev–Trinajstić information content (AvgIpc) is 2.70. The van der Waals surface area contributed by atoms with Gasteiger partial charge in [0.05, 0.1) is 19.0 Å². The third-order valence-corrected chi connectivity index (χ3v) is 4.85. The van der Waals surface area contributed by atoms with E-state index in [2.05, 4.69) is 33.1 Å². The van der Waals surface area contributed by atoms with E-state index in [4.69, 9.17) is 4.74 Å². The Hall–Kier alpha value is -2.76. The van der Waals surface area contributed by atoms with E-state index in [9.17, 15) is 4.79 Å². The SMILES string of the molecule is COc1ccc(CCNc2ccc(NC(=O)NC3CCCCC3)nc2)cc1. The summed E-state index contributed by atoms with van der Waals surface area (Å²) in [4.78, 5) is 16.4. The first kappa shape index (κ1) is 19.0. The Morgan fingerprint density at radius 1 is 1.11 bits per heavy atom. The number of anilines is 2. The van der Waals surface area contributed by atoms with Crippen LogP contribution in [-0.4, -0.2) is 30.7 Å². The zero-order valence-electron chi connectivity index (χ0n) is 15.8. The van der Waals surface area contributed by atoms with E-state index in [1.54, 1.807) is 13.3 Å². The van der Waals surface area contributed by atoms with Crippen molar-refractivity contribution in [3.05, 3.63) is 48.2 Å². The van der Waals surface area contributed by atoms with E-state index in [1.165, 1.54) is 24.8 Å². The van der Waals surface area contributed by atoms with Crippen molar-refractivity contribution in [3.8, 4) is 5.75 Å². The molecule has 3 rings (SSSR count). The zero-order valence-corrected chi connectivity index (χ0v) is 15.8. The molecule has 6 nitrogen and oxygen atoms in total. The Labute approximate surface area is 160 Å². The highest BCUT2D eigenvalue weighted by Gasteiger charge is 2.15. The van der Waals surface area contributed by atoms with Crippen LogP contribution in [0.15, 0.2) is 42.6 Å². The molecule has 0 radical (unpaired) electrons. The lowest BCUT2D eigenvalue weighted by Crippen LogP contribution is -2.39. The molecule has 0 saturated heterocycles. The molecule has 27 heavy (non-hydrogen) atoms. The summed E-state index contributed by atoms with van der Waals surface area (Å²) in [6.45, 7) is 0.808. The van der Waals surface area contributed by atoms with Crippen molar-refractivity contribution in [1.29, 1.82) is 0 Å². The van der Waals surface area contributed by atoms with Crippen LogP contribution in [-0.2, 0) is 6.42 Å². The van der Waals surface area contributed by atoms with Crippen LogP contribution in [0.25, 0.3) is 0 Å². The Bertz CT molecular complexity index is 710. The van der Waals surface area contributed by atoms with E-state index >= 15 is 0 Å². The van der Waals surface area contributed by atoms with Crippen LogP contribution < -0.4 is 20.7 Å². The first-order valence-electron chi connectivity index (χ1n) is 9.63. The lowest BCUT2D eigenvalue weighted by Gasteiger charge is -2.22. The highest BCUT2D eigenvalue weighted by atomic mass is 16.5. The van der Waals surface area contributed by atoms with Crippen molar-refractivity contribution in [2.45, 2.75) is 44.6 Å². The van der Waals surface area contributed by atoms with Crippen LogP contribution in [0.5, 0.6) is 5.75 Å². The van der Waals surface area contributed by atoms with Crippen molar-refractivity contribution in [3.63, 3.8) is 0 Å². The maximum absolute atomic E-state index is 12.1. The number of hydrogen-bond acceptors (Lipinski definition) is 4. The Balaban J connectivity index is 1.40. The number of urea groups is 1. The molecule has 0 atom stereocenters. The quantitative estimate of drug-likeness (QED) is 0.685. The van der Waals surface area contributed by atoms with Gasteiger partial charge in [-0.2, -0.15) is 0 Å². The summed E-state index contributed by atoms with van der Waals surface area (Å²) in [5.41, 5.74) is 2.18. The maximum Gasteiger partial charge on any atom is 0.320 e. The number of nitrogens with zero attached hydrogens (tertiary/aromatic N) is 1. The third-order valence-electron chi connectivity index (χ3n) is 4.85. The number of carbonyl (C=O) groups excluding carboxylic acids is 1. The monoisotopic (exact) mass is 368 g/mol. The van der Waals surface area contributed by atoms with E-state index < -0.39 is 0 Å². The van der Waals surface area contributed by atoms with Gasteiger partial charge in [0.2, 0.25) is 0 Å². The molecule has 2 aromatic rings. The molecule has 1 aromatic heterocycles. The highest BCUT2D eigenvalue weighted by molar-refractivity contribution is 5.88. The van der Waals surface area contributed by atoms with Crippen LogP contribution in [0.1, 0.15) is 37.7 Å². The standard InChI is InChI=1S/C21H28N4O2/c1-27-19-10-7-16(8-11-19)13-14-22-18-9-12-20(23-15-18)25-21(26)24-17-5-3-2-4-6-17/h7-12,15,17,22H,2-6,13-14H2,1H3,(H2,23,24,25,26). The number of benzene rings is 1. The van der Waals surface area contributed by atoms with Crippen molar-refractivity contribution >= 4 is 17.5 Å². The topological polar surface area (TPSA) is 75.3 Å². The number of pyridine rings is 1. The lowest BCUT2D eigenvalue weighted by atomic mass is 9.96. The van der Waals surface area contributed by atoms with E-state index in [0.717, 1.165) is 37.2 Å². The van der Waals surface area contributed by atoms with Crippen LogP contribution in [0.4, 0.5) is 16.3 Å². The van der Waals surface area contributed by atoms with Gasteiger partial charge >= 0.3 is 6.03 Å². The van der Waals surface area contributed by atoms with Crippen LogP contribution in [0, 0.1) is 0 Å². The smallest absolute Gasteiger partial charge is 0.320 e. The highest BCUT2D eigenvalue weighted by Crippen LogP contribution is 2.17. The largest absolute Gasteiger partial charge is 0.497 e. The van der Waals surface area contributed by atoms with Gasteiger partial charge in [0.1, 0.15) is 11.6 Å². The number of aromatic nitrogens is 1. The van der Waals surface area contributed by atoms with Crippen LogP contribution in [0.2, 0.25) is 0 Å². The van der Waals surface area contributed by atoms with Crippen molar-refractivity contribution < 1.29 is 9.53 Å². The second kappa shape index (κ2) is 9.80. The summed E-state index contributed by atoms with van der Waals surface area (Å²) in [5.74, 6) is 1.43. The van der Waals surface area contributed by atoms with Crippen molar-refractivity contribution in [2.24, 2.45) is 0 Å². The molecular weight excluding hydrogens is 340 g/mol. The molecule has 1 fully saturated rings. The molecule has 0 spiro atoms. The minimum Gasteiger partial charge on any atom is -0.497 e. The fourth-order valence-corrected chi connectivity index (χ4v) is 3.30. The number of methoxy groups -OCH3 is 1. The van der Waals surface area contributed by atoms with Gasteiger partial charge in [0.15, 0.2) is 0 Å². The van der Waals surface area contributed by atoms with Crippen LogP contribution >= 0.6 is 0 Å². The van der Waals surface area contributed by atoms with Gasteiger partial charge < -0.3 is 15.4 Å². The number of rotatable bonds is 7. The van der Waals surface area contributed by atoms with Gasteiger partial charge in [-0.3, -0.25) is 5.32 Å². The first-order chi connectivity index (χ1) is 13.2. The summed E-state index contributed by atoms with van der Waals surface area (Å²) in [7, 11) is 1.67. The lowest BCUT2D eigenvalue weighted by molar-refractivity contribution is 0.244. The van der Waals surface area contributed by atoms with Gasteiger partial charge in [-0.05, 0) is 49.1 Å². The maximum atomic E-state index is 12.1. The molecule has 1 saturated carbocycles.